The van der Waals surface area contributed by atoms with Crippen LogP contribution in [0.5, 0.6) is 0 Å². The smallest absolute Gasteiger partial charge is 0.264 e. The number of anilines is 2. The summed E-state index contributed by atoms with van der Waals surface area (Å²) in [5, 5.41) is 0. The predicted octanol–water partition coefficient (Wildman–Crippen LogP) is 1.73. The third-order valence-corrected chi connectivity index (χ3v) is 4.22. The van der Waals surface area contributed by atoms with Crippen LogP contribution in [-0.2, 0) is 16.4 Å². The summed E-state index contributed by atoms with van der Waals surface area (Å²) in [7, 11) is -3.70. The van der Waals surface area contributed by atoms with Crippen LogP contribution >= 0.6 is 0 Å². The normalized spacial score (nSPS) is 11.3. The summed E-state index contributed by atoms with van der Waals surface area (Å²) >= 11 is 0. The molecule has 20 heavy (non-hydrogen) atoms. The topological polar surface area (TPSA) is 98.0 Å². The number of aromatic nitrogens is 2. The lowest BCUT2D eigenvalue weighted by molar-refractivity contribution is 0.601. The van der Waals surface area contributed by atoms with Crippen LogP contribution in [0.3, 0.4) is 0 Å². The highest BCUT2D eigenvalue weighted by Gasteiger charge is 2.15. The summed E-state index contributed by atoms with van der Waals surface area (Å²) in [4.78, 5) is 8.28. The first kappa shape index (κ1) is 14.3. The Kier molecular flexibility index (Phi) is 3.89. The van der Waals surface area contributed by atoms with E-state index in [1.807, 2.05) is 13.8 Å². The lowest BCUT2D eigenvalue weighted by Gasteiger charge is -2.08. The quantitative estimate of drug-likeness (QED) is 0.836. The SMILES string of the molecule is CCc1cnc(NS(=O)(=O)c2ccc(N)cc2)nc1C. The molecule has 2 rings (SSSR count). The summed E-state index contributed by atoms with van der Waals surface area (Å²) in [5.41, 5.74) is 7.79. The van der Waals surface area contributed by atoms with E-state index in [1.54, 1.807) is 6.20 Å². The van der Waals surface area contributed by atoms with E-state index in [-0.39, 0.29) is 10.8 Å². The fourth-order valence-corrected chi connectivity index (χ4v) is 2.67. The van der Waals surface area contributed by atoms with Crippen LogP contribution < -0.4 is 10.5 Å². The average molecular weight is 292 g/mol. The molecule has 0 unspecified atom stereocenters. The summed E-state index contributed by atoms with van der Waals surface area (Å²) in [6.45, 7) is 3.81. The number of hydrogen-bond donors (Lipinski definition) is 2. The van der Waals surface area contributed by atoms with Gasteiger partial charge in [0.2, 0.25) is 5.95 Å². The molecule has 0 bridgehead atoms. The van der Waals surface area contributed by atoms with Crippen molar-refractivity contribution in [1.29, 1.82) is 0 Å². The molecule has 7 heteroatoms. The maximum Gasteiger partial charge on any atom is 0.264 e. The van der Waals surface area contributed by atoms with Crippen molar-refractivity contribution in [3.8, 4) is 0 Å². The number of nitrogens with two attached hydrogens (primary N) is 1. The Hall–Kier alpha value is -2.15. The largest absolute Gasteiger partial charge is 0.399 e. The zero-order valence-corrected chi connectivity index (χ0v) is 12.1. The van der Waals surface area contributed by atoms with Crippen molar-refractivity contribution < 1.29 is 8.42 Å². The lowest BCUT2D eigenvalue weighted by Crippen LogP contribution is -2.15. The van der Waals surface area contributed by atoms with E-state index in [0.717, 1.165) is 17.7 Å². The molecule has 6 nitrogen and oxygen atoms in total. The second-order valence-corrected chi connectivity index (χ2v) is 6.01. The number of sulfonamides is 1. The molecule has 0 aliphatic heterocycles. The molecule has 0 aliphatic rings. The maximum atomic E-state index is 12.1. The molecular formula is C13H16N4O2S. The summed E-state index contributed by atoms with van der Waals surface area (Å²) < 4.78 is 26.6. The van der Waals surface area contributed by atoms with Crippen molar-refractivity contribution in [3.63, 3.8) is 0 Å². The van der Waals surface area contributed by atoms with Gasteiger partial charge in [-0.25, -0.2) is 23.1 Å². The Morgan fingerprint density at radius 3 is 2.45 bits per heavy atom. The fourth-order valence-electron chi connectivity index (χ4n) is 1.71. The van der Waals surface area contributed by atoms with E-state index in [9.17, 15) is 8.42 Å². The molecule has 3 N–H and O–H groups in total. The van der Waals surface area contributed by atoms with Crippen LogP contribution in [0.4, 0.5) is 11.6 Å². The fraction of sp³-hybridized carbons (Fsp3) is 0.231. The predicted molar refractivity (Wildman–Crippen MR) is 77.8 cm³/mol. The van der Waals surface area contributed by atoms with Crippen molar-refractivity contribution in [2.24, 2.45) is 0 Å². The Bertz CT molecular complexity index is 712. The van der Waals surface area contributed by atoms with Gasteiger partial charge in [-0.05, 0) is 43.2 Å². The van der Waals surface area contributed by atoms with Crippen LogP contribution in [0.25, 0.3) is 0 Å². The third kappa shape index (κ3) is 3.05. The van der Waals surface area contributed by atoms with Crippen LogP contribution in [0.1, 0.15) is 18.2 Å². The Morgan fingerprint density at radius 2 is 1.90 bits per heavy atom. The number of hydrogen-bond acceptors (Lipinski definition) is 5. The van der Waals surface area contributed by atoms with Crippen molar-refractivity contribution in [1.82, 2.24) is 9.97 Å². The molecule has 0 saturated heterocycles. The first-order valence-corrected chi connectivity index (χ1v) is 7.61. The number of rotatable bonds is 4. The van der Waals surface area contributed by atoms with Gasteiger partial charge in [0.05, 0.1) is 4.90 Å². The van der Waals surface area contributed by atoms with Gasteiger partial charge in [0.1, 0.15) is 0 Å². The summed E-state index contributed by atoms with van der Waals surface area (Å²) in [5.74, 6) is 0.0662. The van der Waals surface area contributed by atoms with Crippen LogP contribution in [0.15, 0.2) is 35.4 Å². The first-order valence-electron chi connectivity index (χ1n) is 6.13. The number of nitrogens with zero attached hydrogens (tertiary/aromatic N) is 2. The standard InChI is InChI=1S/C13H16N4O2S/c1-3-10-8-15-13(16-9(10)2)17-20(18,19)12-6-4-11(14)5-7-12/h4-8H,3,14H2,1-2H3,(H,15,16,17). The van der Waals surface area contributed by atoms with Gasteiger partial charge in [0, 0.05) is 17.6 Å². The molecule has 2 aromatic rings. The number of nitrogen functional groups attached to an aromatic ring is 1. The monoisotopic (exact) mass is 292 g/mol. The zero-order chi connectivity index (χ0) is 14.8. The van der Waals surface area contributed by atoms with E-state index >= 15 is 0 Å². The Morgan fingerprint density at radius 1 is 1.25 bits per heavy atom. The molecule has 1 heterocycles. The second kappa shape index (κ2) is 5.46. The maximum absolute atomic E-state index is 12.1. The molecule has 0 radical (unpaired) electrons. The van der Waals surface area contributed by atoms with Crippen LogP contribution in [-0.4, -0.2) is 18.4 Å². The third-order valence-electron chi connectivity index (χ3n) is 2.88. The van der Waals surface area contributed by atoms with Crippen LogP contribution in [0.2, 0.25) is 0 Å². The zero-order valence-electron chi connectivity index (χ0n) is 11.3. The number of nitrogens with one attached hydrogen (secondary N) is 1. The minimum absolute atomic E-state index is 0.0662. The molecule has 0 fully saturated rings. The highest BCUT2D eigenvalue weighted by atomic mass is 32.2. The van der Waals surface area contributed by atoms with Gasteiger partial charge < -0.3 is 5.73 Å². The van der Waals surface area contributed by atoms with Gasteiger partial charge in [0.25, 0.3) is 10.0 Å². The van der Waals surface area contributed by atoms with Gasteiger partial charge in [-0.3, -0.25) is 0 Å². The average Bonchev–Trinajstić information content (AvgIpc) is 2.39. The number of aryl methyl sites for hydroxylation is 2. The minimum Gasteiger partial charge on any atom is -0.399 e. The summed E-state index contributed by atoms with van der Waals surface area (Å²) in [6, 6.07) is 5.93. The molecule has 1 aromatic heterocycles. The molecule has 0 amide bonds. The van der Waals surface area contributed by atoms with Gasteiger partial charge in [-0.2, -0.15) is 0 Å². The first-order chi connectivity index (χ1) is 9.42. The Balaban J connectivity index is 2.28. The molecular weight excluding hydrogens is 276 g/mol. The van der Waals surface area contributed by atoms with Crippen molar-refractivity contribution in [3.05, 3.63) is 41.7 Å². The van der Waals surface area contributed by atoms with E-state index < -0.39 is 10.0 Å². The van der Waals surface area contributed by atoms with Gasteiger partial charge in [-0.1, -0.05) is 6.92 Å². The van der Waals surface area contributed by atoms with Gasteiger partial charge in [-0.15, -0.1) is 0 Å². The van der Waals surface area contributed by atoms with Crippen molar-refractivity contribution >= 4 is 21.7 Å². The van der Waals surface area contributed by atoms with E-state index in [0.29, 0.717) is 5.69 Å². The summed E-state index contributed by atoms with van der Waals surface area (Å²) in [6.07, 6.45) is 2.43. The molecule has 1 aromatic carbocycles. The van der Waals surface area contributed by atoms with E-state index in [4.69, 9.17) is 5.73 Å². The Labute approximate surface area is 118 Å². The van der Waals surface area contributed by atoms with Gasteiger partial charge >= 0.3 is 0 Å². The molecule has 0 spiro atoms. The van der Waals surface area contributed by atoms with E-state index in [1.165, 1.54) is 24.3 Å². The molecule has 106 valence electrons. The van der Waals surface area contributed by atoms with Gasteiger partial charge in [0.15, 0.2) is 0 Å². The van der Waals surface area contributed by atoms with Crippen LogP contribution in [0, 0.1) is 6.92 Å². The van der Waals surface area contributed by atoms with E-state index in [2.05, 4.69) is 14.7 Å². The highest BCUT2D eigenvalue weighted by Crippen LogP contribution is 2.15. The molecule has 0 aliphatic carbocycles. The highest BCUT2D eigenvalue weighted by molar-refractivity contribution is 7.92. The number of benzene rings is 1. The second-order valence-electron chi connectivity index (χ2n) is 4.33. The lowest BCUT2D eigenvalue weighted by atomic mass is 10.2. The van der Waals surface area contributed by atoms with Crippen molar-refractivity contribution in [2.75, 3.05) is 10.5 Å². The van der Waals surface area contributed by atoms with Crippen molar-refractivity contribution in [2.45, 2.75) is 25.2 Å². The molecule has 0 saturated carbocycles. The minimum atomic E-state index is -3.70. The molecule has 0 atom stereocenters.